The van der Waals surface area contributed by atoms with Crippen LogP contribution in [0.3, 0.4) is 0 Å². The fourth-order valence-corrected chi connectivity index (χ4v) is 1.61. The van der Waals surface area contributed by atoms with Crippen LogP contribution in [-0.2, 0) is 11.2 Å². The maximum atomic E-state index is 13.7. The van der Waals surface area contributed by atoms with Crippen LogP contribution in [0.4, 0.5) is 4.39 Å². The Kier molecular flexibility index (Phi) is 16.3. The highest BCUT2D eigenvalue weighted by Crippen LogP contribution is 2.16. The van der Waals surface area contributed by atoms with Gasteiger partial charge in [-0.05, 0) is 37.0 Å². The summed E-state index contributed by atoms with van der Waals surface area (Å²) in [6.07, 6.45) is 9.03. The molecule has 2 nitrogen and oxygen atoms in total. The van der Waals surface area contributed by atoms with Crippen LogP contribution in [0.15, 0.2) is 53.9 Å². The lowest BCUT2D eigenvalue weighted by Crippen LogP contribution is -1.92. The molecule has 0 aromatic heterocycles. The van der Waals surface area contributed by atoms with Crippen molar-refractivity contribution < 1.29 is 14.3 Å². The minimum Gasteiger partial charge on any atom is -0.389 e. The van der Waals surface area contributed by atoms with Crippen LogP contribution in [0.2, 0.25) is 0 Å². The molecule has 0 aliphatic heterocycles. The first kappa shape index (κ1) is 23.1. The van der Waals surface area contributed by atoms with E-state index in [4.69, 9.17) is 9.90 Å². The highest BCUT2D eigenvalue weighted by atomic mass is 19.1. The third-order valence-electron chi connectivity index (χ3n) is 2.61. The zero-order valence-corrected chi connectivity index (χ0v) is 14.4. The van der Waals surface area contributed by atoms with E-state index in [0.29, 0.717) is 18.6 Å². The number of aliphatic hydroxyl groups excluding tert-OH is 1. The Morgan fingerprint density at radius 3 is 2.17 bits per heavy atom. The summed E-state index contributed by atoms with van der Waals surface area (Å²) in [5.74, 6) is 2.54. The maximum Gasteiger partial charge on any atom is 0.145 e. The predicted molar refractivity (Wildman–Crippen MR) is 95.6 cm³/mol. The maximum absolute atomic E-state index is 13.7. The molecule has 0 amide bonds. The molecule has 0 radical (unpaired) electrons. The second-order valence-electron chi connectivity index (χ2n) is 4.83. The molecule has 0 aliphatic rings. The number of halogens is 1. The standard InChI is InChI=1S/C15H19F.C3H4.C2H4O2/c1-4-14(12(2)3)11-15(16)10-13-8-6-5-7-9-13;1-3-2;3-1-2-4/h4-9,11-12H,10H2,1-3H3;1H,2H3;1,4H,2H2/b14-4+,15-11+;;. The lowest BCUT2D eigenvalue weighted by atomic mass is 10.0. The number of aldehydes is 1. The molecular formula is C20H27FO2. The van der Waals surface area contributed by atoms with E-state index in [1.54, 1.807) is 13.0 Å². The van der Waals surface area contributed by atoms with E-state index in [1.165, 1.54) is 0 Å². The molecular weight excluding hydrogens is 291 g/mol. The summed E-state index contributed by atoms with van der Waals surface area (Å²) < 4.78 is 13.7. The second kappa shape index (κ2) is 16.2. The summed E-state index contributed by atoms with van der Waals surface area (Å²) >= 11 is 0. The Hall–Kier alpha value is -2.18. The van der Waals surface area contributed by atoms with Gasteiger partial charge in [0.05, 0.1) is 6.61 Å². The highest BCUT2D eigenvalue weighted by Gasteiger charge is 2.02. The first-order valence-electron chi connectivity index (χ1n) is 7.44. The number of hydrogen-bond acceptors (Lipinski definition) is 2. The van der Waals surface area contributed by atoms with Crippen LogP contribution in [0.25, 0.3) is 0 Å². The summed E-state index contributed by atoms with van der Waals surface area (Å²) in [6.45, 7) is 7.38. The fraction of sp³-hybridized carbons (Fsp3) is 0.350. The minimum absolute atomic E-state index is 0.0759. The Bertz CT molecular complexity index is 508. The van der Waals surface area contributed by atoms with Crippen molar-refractivity contribution >= 4 is 6.29 Å². The quantitative estimate of drug-likeness (QED) is 0.493. The van der Waals surface area contributed by atoms with Gasteiger partial charge in [0.15, 0.2) is 0 Å². The van der Waals surface area contributed by atoms with Crippen LogP contribution >= 0.6 is 0 Å². The van der Waals surface area contributed by atoms with Gasteiger partial charge in [-0.2, -0.15) is 0 Å². The fourth-order valence-electron chi connectivity index (χ4n) is 1.61. The van der Waals surface area contributed by atoms with E-state index in [0.717, 1.165) is 11.1 Å². The van der Waals surface area contributed by atoms with Gasteiger partial charge in [0.25, 0.3) is 0 Å². The second-order valence-corrected chi connectivity index (χ2v) is 4.83. The number of aliphatic hydroxyl groups is 1. The zero-order chi connectivity index (χ0) is 18.1. The molecule has 126 valence electrons. The van der Waals surface area contributed by atoms with Crippen LogP contribution in [0.5, 0.6) is 0 Å². The van der Waals surface area contributed by atoms with E-state index < -0.39 is 0 Å². The van der Waals surface area contributed by atoms with E-state index in [2.05, 4.69) is 26.2 Å². The third kappa shape index (κ3) is 14.5. The van der Waals surface area contributed by atoms with Gasteiger partial charge >= 0.3 is 0 Å². The molecule has 0 spiro atoms. The molecule has 1 aromatic carbocycles. The Balaban J connectivity index is 0. The molecule has 0 heterocycles. The van der Waals surface area contributed by atoms with Crippen LogP contribution in [0, 0.1) is 18.3 Å². The Labute approximate surface area is 139 Å². The van der Waals surface area contributed by atoms with Gasteiger partial charge in [0, 0.05) is 6.42 Å². The van der Waals surface area contributed by atoms with Crippen LogP contribution in [0.1, 0.15) is 33.3 Å². The Morgan fingerprint density at radius 2 is 1.83 bits per heavy atom. The van der Waals surface area contributed by atoms with Gasteiger partial charge in [0.1, 0.15) is 12.1 Å². The average Bonchev–Trinajstić information content (AvgIpc) is 2.54. The summed E-state index contributed by atoms with van der Waals surface area (Å²) in [5.41, 5.74) is 2.06. The van der Waals surface area contributed by atoms with Crippen LogP contribution < -0.4 is 0 Å². The molecule has 23 heavy (non-hydrogen) atoms. The van der Waals surface area contributed by atoms with Crippen molar-refractivity contribution in [3.63, 3.8) is 0 Å². The Morgan fingerprint density at radius 1 is 1.35 bits per heavy atom. The smallest absolute Gasteiger partial charge is 0.145 e. The molecule has 1 N–H and O–H groups in total. The number of hydrogen-bond donors (Lipinski definition) is 1. The van der Waals surface area contributed by atoms with Crippen molar-refractivity contribution in [2.75, 3.05) is 6.61 Å². The monoisotopic (exact) mass is 318 g/mol. The number of benzene rings is 1. The zero-order valence-electron chi connectivity index (χ0n) is 14.4. The number of carbonyl (C=O) groups excluding carboxylic acids is 1. The van der Waals surface area contributed by atoms with Crippen molar-refractivity contribution in [3.8, 4) is 12.3 Å². The summed E-state index contributed by atoms with van der Waals surface area (Å²) in [5, 5.41) is 7.51. The normalized spacial score (nSPS) is 10.7. The lowest BCUT2D eigenvalue weighted by molar-refractivity contribution is -0.110. The lowest BCUT2D eigenvalue weighted by Gasteiger charge is -2.06. The van der Waals surface area contributed by atoms with Crippen molar-refractivity contribution in [2.24, 2.45) is 5.92 Å². The van der Waals surface area contributed by atoms with Crippen molar-refractivity contribution in [3.05, 3.63) is 59.4 Å². The van der Waals surface area contributed by atoms with Crippen molar-refractivity contribution in [1.29, 1.82) is 0 Å². The topological polar surface area (TPSA) is 37.3 Å². The molecule has 0 saturated carbocycles. The van der Waals surface area contributed by atoms with Crippen LogP contribution in [-0.4, -0.2) is 18.0 Å². The van der Waals surface area contributed by atoms with Gasteiger partial charge in [-0.3, -0.25) is 0 Å². The molecule has 0 unspecified atom stereocenters. The molecule has 1 rings (SSSR count). The molecule has 0 bridgehead atoms. The SMILES string of the molecule is C#CC.C/C=C(\C=C(\F)Cc1ccccc1)C(C)C.O=CCO. The molecule has 0 aliphatic carbocycles. The summed E-state index contributed by atoms with van der Waals surface area (Å²) in [6, 6.07) is 9.69. The number of rotatable bonds is 5. The summed E-state index contributed by atoms with van der Waals surface area (Å²) in [4.78, 5) is 8.92. The highest BCUT2D eigenvalue weighted by molar-refractivity contribution is 5.49. The predicted octanol–water partition coefficient (Wildman–Crippen LogP) is 4.50. The van der Waals surface area contributed by atoms with E-state index in [9.17, 15) is 4.39 Å². The van der Waals surface area contributed by atoms with Crippen molar-refractivity contribution in [1.82, 2.24) is 0 Å². The van der Waals surface area contributed by atoms with E-state index in [1.807, 2.05) is 43.3 Å². The van der Waals surface area contributed by atoms with Gasteiger partial charge in [-0.1, -0.05) is 50.3 Å². The van der Waals surface area contributed by atoms with Crippen molar-refractivity contribution in [2.45, 2.75) is 34.1 Å². The van der Waals surface area contributed by atoms with Gasteiger partial charge in [0.2, 0.25) is 0 Å². The molecule has 0 fully saturated rings. The van der Waals surface area contributed by atoms with E-state index >= 15 is 0 Å². The number of terminal acetylenes is 1. The number of carbonyl (C=O) groups is 1. The third-order valence-corrected chi connectivity index (χ3v) is 2.61. The molecule has 1 aromatic rings. The molecule has 3 heteroatoms. The first-order valence-corrected chi connectivity index (χ1v) is 7.44. The molecule has 0 saturated heterocycles. The van der Waals surface area contributed by atoms with E-state index in [-0.39, 0.29) is 12.4 Å². The first-order chi connectivity index (χ1) is 11.0. The van der Waals surface area contributed by atoms with Gasteiger partial charge in [-0.15, -0.1) is 12.3 Å². The molecule has 0 atom stereocenters. The number of allylic oxidation sites excluding steroid dienone is 4. The largest absolute Gasteiger partial charge is 0.389 e. The average molecular weight is 318 g/mol. The van der Waals surface area contributed by atoms with Gasteiger partial charge < -0.3 is 9.90 Å². The van der Waals surface area contributed by atoms with Gasteiger partial charge in [-0.25, -0.2) is 4.39 Å². The summed E-state index contributed by atoms with van der Waals surface area (Å²) in [7, 11) is 0. The minimum atomic E-state index is -0.361.